The first kappa shape index (κ1) is 13.6. The fourth-order valence-electron chi connectivity index (χ4n) is 1.95. The molecule has 0 aliphatic carbocycles. The predicted octanol–water partition coefficient (Wildman–Crippen LogP) is 4.67. The average Bonchev–Trinajstić information content (AvgIpc) is 2.93. The molecule has 0 spiro atoms. The minimum atomic E-state index is 0.572. The molecule has 1 aromatic heterocycles. The summed E-state index contributed by atoms with van der Waals surface area (Å²) in [7, 11) is 0. The molecule has 0 radical (unpaired) electrons. The smallest absolute Gasteiger partial charge is 0.185 e. The number of nitrogens with zero attached hydrogens (tertiary/aromatic N) is 2. The number of halogens is 2. The zero-order chi connectivity index (χ0) is 13.2. The Balaban J connectivity index is 1.85. The number of hydrogen-bond donors (Lipinski definition) is 0. The van der Waals surface area contributed by atoms with Crippen molar-refractivity contribution in [3.8, 4) is 11.3 Å². The quantitative estimate of drug-likeness (QED) is 0.795. The highest BCUT2D eigenvalue weighted by Gasteiger charge is 2.15. The standard InChI is InChI=1S/C13H12Cl2N2S2/c14-10-2-1-9(7-11(10)15)12-8-19-13(16-12)17-3-5-18-6-4-17/h1-2,7-8H,3-6H2. The highest BCUT2D eigenvalue weighted by atomic mass is 35.5. The lowest BCUT2D eigenvalue weighted by atomic mass is 10.2. The molecular weight excluding hydrogens is 319 g/mol. The van der Waals surface area contributed by atoms with Crippen LogP contribution in [-0.2, 0) is 0 Å². The normalized spacial score (nSPS) is 15.8. The topological polar surface area (TPSA) is 16.1 Å². The monoisotopic (exact) mass is 330 g/mol. The van der Waals surface area contributed by atoms with Gasteiger partial charge in [-0.2, -0.15) is 11.8 Å². The van der Waals surface area contributed by atoms with Gasteiger partial charge in [-0.05, 0) is 12.1 Å². The van der Waals surface area contributed by atoms with Crippen LogP contribution >= 0.6 is 46.3 Å². The highest BCUT2D eigenvalue weighted by molar-refractivity contribution is 7.99. The summed E-state index contributed by atoms with van der Waals surface area (Å²) in [5, 5.41) is 4.33. The van der Waals surface area contributed by atoms with Crippen LogP contribution in [-0.4, -0.2) is 29.6 Å². The van der Waals surface area contributed by atoms with Crippen molar-refractivity contribution in [2.24, 2.45) is 0 Å². The van der Waals surface area contributed by atoms with Gasteiger partial charge in [-0.25, -0.2) is 4.98 Å². The molecule has 100 valence electrons. The van der Waals surface area contributed by atoms with Gasteiger partial charge in [0.05, 0.1) is 15.7 Å². The lowest BCUT2D eigenvalue weighted by Crippen LogP contribution is -2.32. The number of hydrogen-bond acceptors (Lipinski definition) is 4. The molecule has 2 nitrogen and oxygen atoms in total. The molecule has 1 fully saturated rings. The second-order valence-electron chi connectivity index (χ2n) is 4.24. The molecule has 0 bridgehead atoms. The summed E-state index contributed by atoms with van der Waals surface area (Å²) < 4.78 is 0. The maximum atomic E-state index is 6.05. The number of anilines is 1. The van der Waals surface area contributed by atoms with Crippen LogP contribution in [0.4, 0.5) is 5.13 Å². The van der Waals surface area contributed by atoms with Crippen LogP contribution in [0.1, 0.15) is 0 Å². The molecule has 1 saturated heterocycles. The predicted molar refractivity (Wildman–Crippen MR) is 87.1 cm³/mol. The van der Waals surface area contributed by atoms with Crippen molar-refractivity contribution in [1.29, 1.82) is 0 Å². The van der Waals surface area contributed by atoms with Gasteiger partial charge in [0.25, 0.3) is 0 Å². The summed E-state index contributed by atoms with van der Waals surface area (Å²) in [4.78, 5) is 7.06. The molecule has 2 aromatic rings. The molecule has 0 amide bonds. The lowest BCUT2D eigenvalue weighted by molar-refractivity contribution is 0.853. The van der Waals surface area contributed by atoms with Crippen molar-refractivity contribution in [2.45, 2.75) is 0 Å². The third-order valence-electron chi connectivity index (χ3n) is 2.99. The molecule has 0 atom stereocenters. The average molecular weight is 331 g/mol. The Morgan fingerprint density at radius 2 is 1.89 bits per heavy atom. The van der Waals surface area contributed by atoms with Gasteiger partial charge in [-0.1, -0.05) is 29.3 Å². The summed E-state index contributed by atoms with van der Waals surface area (Å²) >= 11 is 15.7. The SMILES string of the molecule is Clc1ccc(-c2csc(N3CCSCC3)n2)cc1Cl. The molecule has 0 unspecified atom stereocenters. The van der Waals surface area contributed by atoms with E-state index in [0.717, 1.165) is 29.5 Å². The Bertz CT molecular complexity index is 580. The second kappa shape index (κ2) is 5.92. The van der Waals surface area contributed by atoms with Gasteiger partial charge in [0.1, 0.15) is 0 Å². The Labute approximate surface area is 130 Å². The van der Waals surface area contributed by atoms with Gasteiger partial charge in [-0.3, -0.25) is 0 Å². The van der Waals surface area contributed by atoms with E-state index in [1.807, 2.05) is 30.0 Å². The molecule has 1 aromatic carbocycles. The van der Waals surface area contributed by atoms with Gasteiger partial charge in [-0.15, -0.1) is 11.3 Å². The fourth-order valence-corrected chi connectivity index (χ4v) is 4.04. The molecule has 0 N–H and O–H groups in total. The third-order valence-corrected chi connectivity index (χ3v) is 5.57. The van der Waals surface area contributed by atoms with E-state index in [0.29, 0.717) is 10.0 Å². The van der Waals surface area contributed by atoms with Gasteiger partial charge in [0, 0.05) is 35.5 Å². The largest absolute Gasteiger partial charge is 0.346 e. The van der Waals surface area contributed by atoms with Crippen LogP contribution < -0.4 is 4.90 Å². The zero-order valence-electron chi connectivity index (χ0n) is 10.1. The number of thioether (sulfide) groups is 1. The Hall–Kier alpha value is -0.420. The fraction of sp³-hybridized carbons (Fsp3) is 0.308. The molecule has 1 aliphatic heterocycles. The van der Waals surface area contributed by atoms with E-state index in [9.17, 15) is 0 Å². The molecule has 6 heteroatoms. The van der Waals surface area contributed by atoms with E-state index in [1.54, 1.807) is 11.3 Å². The van der Waals surface area contributed by atoms with Gasteiger partial charge >= 0.3 is 0 Å². The van der Waals surface area contributed by atoms with Crippen molar-refractivity contribution in [2.75, 3.05) is 29.5 Å². The Morgan fingerprint density at radius 1 is 1.11 bits per heavy atom. The van der Waals surface area contributed by atoms with Crippen LogP contribution in [0.2, 0.25) is 10.0 Å². The maximum Gasteiger partial charge on any atom is 0.185 e. The van der Waals surface area contributed by atoms with E-state index >= 15 is 0 Å². The first-order valence-corrected chi connectivity index (χ1v) is 8.77. The van der Waals surface area contributed by atoms with Gasteiger partial charge in [0.15, 0.2) is 5.13 Å². The Kier molecular flexibility index (Phi) is 4.22. The first-order valence-electron chi connectivity index (χ1n) is 5.98. The zero-order valence-corrected chi connectivity index (χ0v) is 13.2. The van der Waals surface area contributed by atoms with Crippen LogP contribution in [0, 0.1) is 0 Å². The van der Waals surface area contributed by atoms with Gasteiger partial charge < -0.3 is 4.90 Å². The van der Waals surface area contributed by atoms with Crippen molar-refractivity contribution >= 4 is 51.4 Å². The molecule has 3 rings (SSSR count). The van der Waals surface area contributed by atoms with E-state index in [2.05, 4.69) is 10.3 Å². The summed E-state index contributed by atoms with van der Waals surface area (Å²) in [5.74, 6) is 2.36. The molecular formula is C13H12Cl2N2S2. The van der Waals surface area contributed by atoms with Crippen molar-refractivity contribution < 1.29 is 0 Å². The molecule has 1 aliphatic rings. The van der Waals surface area contributed by atoms with Crippen molar-refractivity contribution in [1.82, 2.24) is 4.98 Å². The molecule has 0 saturated carbocycles. The van der Waals surface area contributed by atoms with E-state index in [-0.39, 0.29) is 0 Å². The van der Waals surface area contributed by atoms with Crippen molar-refractivity contribution in [3.05, 3.63) is 33.6 Å². The van der Waals surface area contributed by atoms with Gasteiger partial charge in [0.2, 0.25) is 0 Å². The van der Waals surface area contributed by atoms with E-state index in [1.165, 1.54) is 11.5 Å². The Morgan fingerprint density at radius 3 is 2.63 bits per heavy atom. The van der Waals surface area contributed by atoms with E-state index in [4.69, 9.17) is 28.2 Å². The number of benzene rings is 1. The third kappa shape index (κ3) is 3.02. The van der Waals surface area contributed by atoms with Crippen molar-refractivity contribution in [3.63, 3.8) is 0 Å². The first-order chi connectivity index (χ1) is 9.24. The van der Waals surface area contributed by atoms with Crippen LogP contribution in [0.15, 0.2) is 23.6 Å². The minimum Gasteiger partial charge on any atom is -0.346 e. The highest BCUT2D eigenvalue weighted by Crippen LogP contribution is 2.32. The molecule has 19 heavy (non-hydrogen) atoms. The second-order valence-corrected chi connectivity index (χ2v) is 7.12. The number of thiazole rings is 1. The van der Waals surface area contributed by atoms with Crippen LogP contribution in [0.3, 0.4) is 0 Å². The molecule has 2 heterocycles. The summed E-state index contributed by atoms with van der Waals surface area (Å²) in [6.07, 6.45) is 0. The minimum absolute atomic E-state index is 0.572. The van der Waals surface area contributed by atoms with Crippen LogP contribution in [0.5, 0.6) is 0 Å². The summed E-state index contributed by atoms with van der Waals surface area (Å²) in [6.45, 7) is 2.16. The summed E-state index contributed by atoms with van der Waals surface area (Å²) in [6, 6.07) is 5.64. The summed E-state index contributed by atoms with van der Waals surface area (Å²) in [5.41, 5.74) is 1.99. The number of aromatic nitrogens is 1. The van der Waals surface area contributed by atoms with Crippen LogP contribution in [0.25, 0.3) is 11.3 Å². The maximum absolute atomic E-state index is 6.05. The van der Waals surface area contributed by atoms with E-state index < -0.39 is 0 Å². The number of rotatable bonds is 2. The lowest BCUT2D eigenvalue weighted by Gasteiger charge is -2.25.